The highest BCUT2D eigenvalue weighted by molar-refractivity contribution is 9.10. The van der Waals surface area contributed by atoms with E-state index >= 15 is 0 Å². The van der Waals surface area contributed by atoms with Crippen LogP contribution in [0.2, 0.25) is 0 Å². The average molecular weight is 334 g/mol. The molecule has 2 aromatic carbocycles. The minimum Gasteiger partial charge on any atom is -0.300 e. The number of hydrogen-bond donors (Lipinski definition) is 0. The highest BCUT2D eigenvalue weighted by atomic mass is 79.9. The number of hydrogen-bond acceptors (Lipinski definition) is 2. The number of fused-ring (bicyclic) bond motifs is 1. The van der Waals surface area contributed by atoms with E-state index in [9.17, 15) is 14.0 Å². The molecule has 0 fully saturated rings. The number of ketones is 1. The summed E-state index contributed by atoms with van der Waals surface area (Å²) in [4.78, 5) is 25.3. The van der Waals surface area contributed by atoms with Crippen molar-refractivity contribution in [1.82, 2.24) is 0 Å². The number of anilines is 1. The Morgan fingerprint density at radius 1 is 1.10 bits per heavy atom. The number of benzene rings is 2. The monoisotopic (exact) mass is 333 g/mol. The molecule has 0 aliphatic carbocycles. The molecule has 0 N–H and O–H groups in total. The van der Waals surface area contributed by atoms with Crippen molar-refractivity contribution in [3.8, 4) is 0 Å². The summed E-state index contributed by atoms with van der Waals surface area (Å²) in [6, 6.07) is 11.3. The Morgan fingerprint density at radius 3 is 2.60 bits per heavy atom. The van der Waals surface area contributed by atoms with E-state index in [1.807, 2.05) is 0 Å². The lowest BCUT2D eigenvalue weighted by Gasteiger charge is -2.16. The molecule has 0 unspecified atom stereocenters. The van der Waals surface area contributed by atoms with Crippen molar-refractivity contribution >= 4 is 33.3 Å². The number of amides is 1. The molecule has 1 aliphatic heterocycles. The van der Waals surface area contributed by atoms with Crippen molar-refractivity contribution in [2.45, 2.75) is 6.54 Å². The third-order valence-electron chi connectivity index (χ3n) is 3.22. The van der Waals surface area contributed by atoms with Crippen LogP contribution in [0.5, 0.6) is 0 Å². The van der Waals surface area contributed by atoms with Crippen LogP contribution in [-0.2, 0) is 11.3 Å². The van der Waals surface area contributed by atoms with Crippen molar-refractivity contribution in [1.29, 1.82) is 0 Å². The summed E-state index contributed by atoms with van der Waals surface area (Å²) in [5, 5.41) is 0. The molecule has 1 amide bonds. The fourth-order valence-corrected chi connectivity index (χ4v) is 2.59. The van der Waals surface area contributed by atoms with Crippen LogP contribution in [0.4, 0.5) is 10.1 Å². The zero-order chi connectivity index (χ0) is 14.3. The molecule has 5 heteroatoms. The van der Waals surface area contributed by atoms with Crippen LogP contribution in [0.3, 0.4) is 0 Å². The third-order valence-corrected chi connectivity index (χ3v) is 3.71. The van der Waals surface area contributed by atoms with Crippen LogP contribution in [0.1, 0.15) is 15.9 Å². The summed E-state index contributed by atoms with van der Waals surface area (Å²) >= 11 is 3.27. The van der Waals surface area contributed by atoms with E-state index in [1.54, 1.807) is 36.4 Å². The lowest BCUT2D eigenvalue weighted by Crippen LogP contribution is -2.29. The second kappa shape index (κ2) is 4.83. The Hall–Kier alpha value is -2.01. The van der Waals surface area contributed by atoms with E-state index in [0.717, 1.165) is 4.47 Å². The van der Waals surface area contributed by atoms with Gasteiger partial charge in [0.1, 0.15) is 5.82 Å². The summed E-state index contributed by atoms with van der Waals surface area (Å²) in [7, 11) is 0. The van der Waals surface area contributed by atoms with Crippen LogP contribution < -0.4 is 4.90 Å². The van der Waals surface area contributed by atoms with E-state index in [-0.39, 0.29) is 6.54 Å². The van der Waals surface area contributed by atoms with E-state index in [1.165, 1.54) is 11.0 Å². The molecule has 0 saturated heterocycles. The second-order valence-electron chi connectivity index (χ2n) is 4.47. The molecule has 0 atom stereocenters. The molecule has 0 radical (unpaired) electrons. The van der Waals surface area contributed by atoms with Gasteiger partial charge in [0.2, 0.25) is 0 Å². The van der Waals surface area contributed by atoms with Gasteiger partial charge in [0.25, 0.3) is 11.7 Å². The fourth-order valence-electron chi connectivity index (χ4n) is 2.23. The van der Waals surface area contributed by atoms with Gasteiger partial charge in [0, 0.05) is 10.0 Å². The number of carbonyl (C=O) groups is 2. The first-order chi connectivity index (χ1) is 9.58. The Bertz CT molecular complexity index is 730. The van der Waals surface area contributed by atoms with Gasteiger partial charge in [-0.25, -0.2) is 4.39 Å². The lowest BCUT2D eigenvalue weighted by atomic mass is 10.1. The summed E-state index contributed by atoms with van der Waals surface area (Å²) < 4.78 is 14.4. The predicted octanol–water partition coefficient (Wildman–Crippen LogP) is 3.32. The molecule has 20 heavy (non-hydrogen) atoms. The molecule has 0 bridgehead atoms. The highest BCUT2D eigenvalue weighted by Crippen LogP contribution is 2.32. The summed E-state index contributed by atoms with van der Waals surface area (Å²) in [5.74, 6) is -1.57. The number of nitrogens with zero attached hydrogens (tertiary/aromatic N) is 1. The van der Waals surface area contributed by atoms with Crippen molar-refractivity contribution in [2.24, 2.45) is 0 Å². The Balaban J connectivity index is 2.02. The number of halogens is 2. The average Bonchev–Trinajstić information content (AvgIpc) is 2.66. The van der Waals surface area contributed by atoms with Gasteiger partial charge in [0.05, 0.1) is 17.8 Å². The maximum Gasteiger partial charge on any atom is 0.299 e. The molecule has 1 aliphatic rings. The maximum absolute atomic E-state index is 13.7. The van der Waals surface area contributed by atoms with Crippen LogP contribution in [0.15, 0.2) is 46.9 Å². The van der Waals surface area contributed by atoms with Gasteiger partial charge in [0.15, 0.2) is 0 Å². The first kappa shape index (κ1) is 13.0. The second-order valence-corrected chi connectivity index (χ2v) is 5.39. The topological polar surface area (TPSA) is 37.4 Å². The van der Waals surface area contributed by atoms with E-state index in [2.05, 4.69) is 15.9 Å². The molecule has 2 aromatic rings. The first-order valence-corrected chi connectivity index (χ1v) is 6.76. The standard InChI is InChI=1S/C15H9BrFNO2/c16-10-5-6-13-11(7-10)14(19)15(20)18(13)8-9-3-1-2-4-12(9)17/h1-7H,8H2. The molecule has 1 heterocycles. The molecule has 0 aromatic heterocycles. The zero-order valence-corrected chi connectivity index (χ0v) is 11.9. The normalized spacial score (nSPS) is 13.8. The summed E-state index contributed by atoms with van der Waals surface area (Å²) in [5.41, 5.74) is 1.25. The predicted molar refractivity (Wildman–Crippen MR) is 76.1 cm³/mol. The minimum absolute atomic E-state index is 0.0475. The van der Waals surface area contributed by atoms with Gasteiger partial charge >= 0.3 is 0 Å². The zero-order valence-electron chi connectivity index (χ0n) is 10.3. The van der Waals surface area contributed by atoms with E-state index in [4.69, 9.17) is 0 Å². The molecule has 100 valence electrons. The van der Waals surface area contributed by atoms with E-state index < -0.39 is 17.5 Å². The van der Waals surface area contributed by atoms with Gasteiger partial charge in [-0.1, -0.05) is 34.1 Å². The molecular weight excluding hydrogens is 325 g/mol. The molecule has 0 saturated carbocycles. The van der Waals surface area contributed by atoms with Gasteiger partial charge in [-0.2, -0.15) is 0 Å². The molecule has 0 spiro atoms. The van der Waals surface area contributed by atoms with Crippen molar-refractivity contribution in [3.63, 3.8) is 0 Å². The number of carbonyl (C=O) groups excluding carboxylic acids is 2. The quantitative estimate of drug-likeness (QED) is 0.790. The largest absolute Gasteiger partial charge is 0.300 e. The van der Waals surface area contributed by atoms with Crippen LogP contribution >= 0.6 is 15.9 Å². The third kappa shape index (κ3) is 2.04. The van der Waals surface area contributed by atoms with Gasteiger partial charge in [-0.3, -0.25) is 9.59 Å². The summed E-state index contributed by atoms with van der Waals surface area (Å²) in [6.45, 7) is 0.0475. The Kier molecular flexibility index (Phi) is 3.14. The van der Waals surface area contributed by atoms with E-state index in [0.29, 0.717) is 16.8 Å². The fraction of sp³-hybridized carbons (Fsp3) is 0.0667. The lowest BCUT2D eigenvalue weighted by molar-refractivity contribution is -0.114. The van der Waals surface area contributed by atoms with Gasteiger partial charge in [-0.05, 0) is 24.3 Å². The smallest absolute Gasteiger partial charge is 0.299 e. The molecule has 3 rings (SSSR count). The first-order valence-electron chi connectivity index (χ1n) is 5.97. The maximum atomic E-state index is 13.7. The Morgan fingerprint density at radius 2 is 1.85 bits per heavy atom. The van der Waals surface area contributed by atoms with Crippen LogP contribution in [0, 0.1) is 5.82 Å². The highest BCUT2D eigenvalue weighted by Gasteiger charge is 2.36. The number of Topliss-reactive ketones (excluding diaryl/α,β-unsaturated/α-hetero) is 1. The van der Waals surface area contributed by atoms with Gasteiger partial charge < -0.3 is 4.90 Å². The van der Waals surface area contributed by atoms with Crippen LogP contribution in [-0.4, -0.2) is 11.7 Å². The van der Waals surface area contributed by atoms with Crippen molar-refractivity contribution in [2.75, 3.05) is 4.90 Å². The van der Waals surface area contributed by atoms with Crippen molar-refractivity contribution < 1.29 is 14.0 Å². The molecule has 3 nitrogen and oxygen atoms in total. The van der Waals surface area contributed by atoms with Gasteiger partial charge in [-0.15, -0.1) is 0 Å². The van der Waals surface area contributed by atoms with Crippen molar-refractivity contribution in [3.05, 3.63) is 63.9 Å². The Labute approximate surface area is 123 Å². The minimum atomic E-state index is -0.624. The summed E-state index contributed by atoms with van der Waals surface area (Å²) in [6.07, 6.45) is 0. The SMILES string of the molecule is O=C1C(=O)N(Cc2ccccc2F)c2ccc(Br)cc21. The van der Waals surface area contributed by atoms with Crippen LogP contribution in [0.25, 0.3) is 0 Å². The molecular formula is C15H9BrFNO2. The number of rotatable bonds is 2.